The molecular weight excluding hydrogens is 108 g/mol. The molecule has 0 unspecified atom stereocenters. The number of carbonyl (C=O) groups is 1. The minimum atomic E-state index is -0.924. The molecule has 0 saturated heterocycles. The Balaban J connectivity index is 2.54. The molecule has 1 heterocycles. The fourth-order valence-corrected chi connectivity index (χ4v) is 0.502. The molecule has 0 saturated carbocycles. The molecule has 3 nitrogen and oxygen atoms in total. The van der Waals surface area contributed by atoms with Crippen molar-refractivity contribution in [1.82, 2.24) is 0 Å². The van der Waals surface area contributed by atoms with Gasteiger partial charge in [0.05, 0.1) is 0 Å². The lowest BCUT2D eigenvalue weighted by molar-refractivity contribution is -0.162. The molecule has 1 N–H and O–H groups in total. The van der Waals surface area contributed by atoms with Crippen molar-refractivity contribution in [2.45, 2.75) is 12.7 Å². The molecule has 0 aliphatic carbocycles. The van der Waals surface area contributed by atoms with Gasteiger partial charge in [0.1, 0.15) is 0 Å². The summed E-state index contributed by atoms with van der Waals surface area (Å²) in [4.78, 5) is 10.2. The first-order valence-electron chi connectivity index (χ1n) is 2.34. The van der Waals surface area contributed by atoms with Crippen LogP contribution in [0.1, 0.15) is 6.42 Å². The molecule has 0 fully saturated rings. The normalized spacial score (nSPS) is 27.6. The molecule has 0 bridgehead atoms. The number of rotatable bonds is 0. The van der Waals surface area contributed by atoms with Crippen LogP contribution in [0, 0.1) is 0 Å². The van der Waals surface area contributed by atoms with Gasteiger partial charge in [-0.15, -0.1) is 0 Å². The summed E-state index contributed by atoms with van der Waals surface area (Å²) in [6.45, 7) is 0. The number of aliphatic hydroxyl groups excluding tert-OH is 1. The minimum Gasteiger partial charge on any atom is -0.432 e. The molecule has 1 aliphatic rings. The zero-order valence-electron chi connectivity index (χ0n) is 4.20. The van der Waals surface area contributed by atoms with E-state index in [2.05, 4.69) is 4.74 Å². The molecule has 44 valence electrons. The van der Waals surface area contributed by atoms with E-state index in [1.165, 1.54) is 6.08 Å². The molecule has 3 heteroatoms. The van der Waals surface area contributed by atoms with Gasteiger partial charge in [0.15, 0.2) is 0 Å². The van der Waals surface area contributed by atoms with Crippen molar-refractivity contribution < 1.29 is 14.6 Å². The van der Waals surface area contributed by atoms with Gasteiger partial charge >= 0.3 is 5.97 Å². The number of cyclic esters (lactones) is 1. The van der Waals surface area contributed by atoms with Gasteiger partial charge in [-0.05, 0) is 0 Å². The molecule has 0 aromatic rings. The molecule has 0 aromatic carbocycles. The second kappa shape index (κ2) is 1.96. The van der Waals surface area contributed by atoms with Crippen LogP contribution in [0.15, 0.2) is 12.2 Å². The predicted octanol–water partition coefficient (Wildman–Crippen LogP) is -0.192. The standard InChI is InChI=1S/C5H6O3/c6-4-2-1-3-5(7)8-4/h1-2,5,7H,3H2/t5-/m1/s1. The molecular formula is C5H6O3. The Morgan fingerprint density at radius 1 is 1.88 bits per heavy atom. The van der Waals surface area contributed by atoms with E-state index in [0.717, 1.165) is 0 Å². The summed E-state index contributed by atoms with van der Waals surface area (Å²) in [6.07, 6.45) is 2.36. The third kappa shape index (κ3) is 1.07. The van der Waals surface area contributed by atoms with E-state index >= 15 is 0 Å². The molecule has 0 spiro atoms. The lowest BCUT2D eigenvalue weighted by Gasteiger charge is -2.10. The van der Waals surface area contributed by atoms with Gasteiger partial charge in [-0.3, -0.25) is 0 Å². The Morgan fingerprint density at radius 2 is 2.62 bits per heavy atom. The van der Waals surface area contributed by atoms with Gasteiger partial charge in [-0.25, -0.2) is 4.79 Å². The number of hydrogen-bond acceptors (Lipinski definition) is 3. The highest BCUT2D eigenvalue weighted by molar-refractivity contribution is 5.82. The van der Waals surface area contributed by atoms with E-state index in [4.69, 9.17) is 5.11 Å². The smallest absolute Gasteiger partial charge is 0.332 e. The zero-order valence-corrected chi connectivity index (χ0v) is 4.20. The quantitative estimate of drug-likeness (QED) is 0.444. The van der Waals surface area contributed by atoms with Gasteiger partial charge < -0.3 is 9.84 Å². The van der Waals surface area contributed by atoms with Gasteiger partial charge in [-0.1, -0.05) is 6.08 Å². The van der Waals surface area contributed by atoms with Crippen LogP contribution in [0.3, 0.4) is 0 Å². The van der Waals surface area contributed by atoms with E-state index in [9.17, 15) is 4.79 Å². The summed E-state index contributed by atoms with van der Waals surface area (Å²) in [5.41, 5.74) is 0. The van der Waals surface area contributed by atoms with Crippen LogP contribution >= 0.6 is 0 Å². The maximum atomic E-state index is 10.2. The van der Waals surface area contributed by atoms with Gasteiger partial charge in [0.25, 0.3) is 0 Å². The van der Waals surface area contributed by atoms with Crippen LogP contribution in [-0.4, -0.2) is 17.4 Å². The van der Waals surface area contributed by atoms with E-state index in [1.807, 2.05) is 0 Å². The molecule has 1 rings (SSSR count). The zero-order chi connectivity index (χ0) is 5.98. The fourth-order valence-electron chi connectivity index (χ4n) is 0.502. The van der Waals surface area contributed by atoms with Crippen molar-refractivity contribution >= 4 is 5.97 Å². The summed E-state index contributed by atoms with van der Waals surface area (Å²) < 4.78 is 4.32. The van der Waals surface area contributed by atoms with E-state index in [-0.39, 0.29) is 0 Å². The Bertz CT molecular complexity index is 128. The van der Waals surface area contributed by atoms with Crippen molar-refractivity contribution in [2.75, 3.05) is 0 Å². The number of ether oxygens (including phenoxy) is 1. The van der Waals surface area contributed by atoms with Gasteiger partial charge in [-0.2, -0.15) is 0 Å². The van der Waals surface area contributed by atoms with Crippen LogP contribution in [0.2, 0.25) is 0 Å². The second-order valence-corrected chi connectivity index (χ2v) is 1.53. The highest BCUT2D eigenvalue weighted by Crippen LogP contribution is 2.02. The Labute approximate surface area is 46.6 Å². The molecule has 0 radical (unpaired) electrons. The van der Waals surface area contributed by atoms with Crippen molar-refractivity contribution in [2.24, 2.45) is 0 Å². The van der Waals surface area contributed by atoms with Crippen LogP contribution in [0.4, 0.5) is 0 Å². The van der Waals surface area contributed by atoms with Crippen LogP contribution in [0.5, 0.6) is 0 Å². The first-order valence-corrected chi connectivity index (χ1v) is 2.34. The molecule has 8 heavy (non-hydrogen) atoms. The monoisotopic (exact) mass is 114 g/mol. The second-order valence-electron chi connectivity index (χ2n) is 1.53. The van der Waals surface area contributed by atoms with E-state index < -0.39 is 12.3 Å². The fraction of sp³-hybridized carbons (Fsp3) is 0.400. The molecule has 1 aliphatic heterocycles. The SMILES string of the molecule is O=C1C=CC[C@H](O)O1. The van der Waals surface area contributed by atoms with Crippen molar-refractivity contribution in [1.29, 1.82) is 0 Å². The highest BCUT2D eigenvalue weighted by Gasteiger charge is 2.10. The maximum Gasteiger partial charge on any atom is 0.332 e. The summed E-state index contributed by atoms with van der Waals surface area (Å²) in [7, 11) is 0. The minimum absolute atomic E-state index is 0.408. The van der Waals surface area contributed by atoms with Crippen LogP contribution < -0.4 is 0 Å². The Morgan fingerprint density at radius 3 is 3.00 bits per heavy atom. The Kier molecular flexibility index (Phi) is 1.30. The average molecular weight is 114 g/mol. The lowest BCUT2D eigenvalue weighted by atomic mass is 10.3. The lowest BCUT2D eigenvalue weighted by Crippen LogP contribution is -2.18. The third-order valence-corrected chi connectivity index (χ3v) is 0.844. The van der Waals surface area contributed by atoms with Gasteiger partial charge in [0.2, 0.25) is 6.29 Å². The summed E-state index contributed by atoms with van der Waals surface area (Å²) >= 11 is 0. The largest absolute Gasteiger partial charge is 0.432 e. The van der Waals surface area contributed by atoms with Gasteiger partial charge in [0, 0.05) is 12.5 Å². The Hall–Kier alpha value is -0.830. The number of carbonyl (C=O) groups excluding carboxylic acids is 1. The van der Waals surface area contributed by atoms with E-state index in [1.54, 1.807) is 6.08 Å². The first kappa shape index (κ1) is 5.31. The number of aliphatic hydroxyl groups is 1. The number of hydrogen-bond donors (Lipinski definition) is 1. The van der Waals surface area contributed by atoms with Crippen LogP contribution in [-0.2, 0) is 9.53 Å². The summed E-state index contributed by atoms with van der Waals surface area (Å²) in [5.74, 6) is -0.469. The molecule has 0 amide bonds. The number of esters is 1. The van der Waals surface area contributed by atoms with Crippen molar-refractivity contribution in [3.8, 4) is 0 Å². The average Bonchev–Trinajstić information content (AvgIpc) is 1.64. The summed E-state index contributed by atoms with van der Waals surface area (Å²) in [6, 6.07) is 0. The van der Waals surface area contributed by atoms with Crippen molar-refractivity contribution in [3.63, 3.8) is 0 Å². The predicted molar refractivity (Wildman–Crippen MR) is 25.9 cm³/mol. The summed E-state index contributed by atoms with van der Waals surface area (Å²) in [5, 5.41) is 8.59. The third-order valence-electron chi connectivity index (χ3n) is 0.844. The van der Waals surface area contributed by atoms with E-state index in [0.29, 0.717) is 6.42 Å². The molecule has 0 aromatic heterocycles. The maximum absolute atomic E-state index is 10.2. The highest BCUT2D eigenvalue weighted by atomic mass is 16.6. The first-order chi connectivity index (χ1) is 3.79. The molecule has 1 atom stereocenters. The van der Waals surface area contributed by atoms with Crippen LogP contribution in [0.25, 0.3) is 0 Å². The van der Waals surface area contributed by atoms with Crippen molar-refractivity contribution in [3.05, 3.63) is 12.2 Å². The topological polar surface area (TPSA) is 46.5 Å².